The van der Waals surface area contributed by atoms with E-state index in [9.17, 15) is 4.39 Å². The summed E-state index contributed by atoms with van der Waals surface area (Å²) in [6, 6.07) is 0. The van der Waals surface area contributed by atoms with Gasteiger partial charge in [-0.05, 0) is 6.08 Å². The third kappa shape index (κ3) is 2.58. The summed E-state index contributed by atoms with van der Waals surface area (Å²) in [6.07, 6.45) is -0.0973. The fourth-order valence-electron chi connectivity index (χ4n) is 0.432. The first-order chi connectivity index (χ1) is 4.33. The number of epoxide rings is 1. The molecule has 3 heteroatoms. The topological polar surface area (TPSA) is 21.8 Å². The van der Waals surface area contributed by atoms with Crippen LogP contribution in [0.1, 0.15) is 0 Å². The van der Waals surface area contributed by atoms with Crippen LogP contribution in [-0.4, -0.2) is 25.7 Å². The van der Waals surface area contributed by atoms with Crippen LogP contribution >= 0.6 is 0 Å². The molecule has 0 aromatic rings. The lowest BCUT2D eigenvalue weighted by Crippen LogP contribution is -2.07. The summed E-state index contributed by atoms with van der Waals surface area (Å²) in [7, 11) is 0. The Morgan fingerprint density at radius 1 is 2.00 bits per heavy atom. The first-order valence-electron chi connectivity index (χ1n) is 2.83. The smallest absolute Gasteiger partial charge is 0.217 e. The highest BCUT2D eigenvalue weighted by Gasteiger charge is 2.23. The molecule has 2 nitrogen and oxygen atoms in total. The molecule has 1 aliphatic rings. The highest BCUT2D eigenvalue weighted by Crippen LogP contribution is 2.10. The van der Waals surface area contributed by atoms with Crippen LogP contribution < -0.4 is 0 Å². The molecule has 0 saturated carbocycles. The Hall–Kier alpha value is -0.410. The molecule has 0 radical (unpaired) electrons. The van der Waals surface area contributed by atoms with Crippen molar-refractivity contribution in [3.63, 3.8) is 0 Å². The van der Waals surface area contributed by atoms with E-state index in [0.29, 0.717) is 13.2 Å². The van der Waals surface area contributed by atoms with Crippen molar-refractivity contribution in [3.8, 4) is 0 Å². The van der Waals surface area contributed by atoms with Gasteiger partial charge in [-0.15, -0.1) is 0 Å². The van der Waals surface area contributed by atoms with E-state index in [1.807, 2.05) is 0 Å². The molecular weight excluding hydrogens is 123 g/mol. The van der Waals surface area contributed by atoms with Crippen molar-refractivity contribution in [1.29, 1.82) is 0 Å². The van der Waals surface area contributed by atoms with E-state index in [1.165, 1.54) is 0 Å². The maximum Gasteiger partial charge on any atom is 0.217 e. The van der Waals surface area contributed by atoms with E-state index < -0.39 is 6.36 Å². The molecule has 0 bridgehead atoms. The van der Waals surface area contributed by atoms with Crippen LogP contribution in [0.5, 0.6) is 0 Å². The van der Waals surface area contributed by atoms with Crippen molar-refractivity contribution in [1.82, 2.24) is 0 Å². The Bertz CT molecular complexity index is 101. The molecule has 1 rings (SSSR count). The average Bonchev–Trinajstić information content (AvgIpc) is 2.65. The van der Waals surface area contributed by atoms with E-state index in [0.717, 1.165) is 6.08 Å². The van der Waals surface area contributed by atoms with Gasteiger partial charge < -0.3 is 9.47 Å². The van der Waals surface area contributed by atoms with E-state index in [2.05, 4.69) is 11.3 Å². The van der Waals surface area contributed by atoms with Gasteiger partial charge in [0, 0.05) is 0 Å². The predicted octanol–water partition coefficient (Wildman–Crippen LogP) is 0.883. The zero-order chi connectivity index (χ0) is 6.69. The van der Waals surface area contributed by atoms with E-state index in [4.69, 9.17) is 4.74 Å². The van der Waals surface area contributed by atoms with Crippen LogP contribution in [0.2, 0.25) is 0 Å². The molecule has 2 atom stereocenters. The van der Waals surface area contributed by atoms with Gasteiger partial charge in [-0.2, -0.15) is 0 Å². The number of rotatable bonds is 4. The second kappa shape index (κ2) is 2.94. The van der Waals surface area contributed by atoms with Crippen molar-refractivity contribution in [2.75, 3.05) is 13.2 Å². The number of halogens is 1. The third-order valence-corrected chi connectivity index (χ3v) is 1.03. The molecule has 2 unspecified atom stereocenters. The predicted molar refractivity (Wildman–Crippen MR) is 30.8 cm³/mol. The van der Waals surface area contributed by atoms with Crippen molar-refractivity contribution in [3.05, 3.63) is 12.7 Å². The second-order valence-corrected chi connectivity index (χ2v) is 1.88. The molecule has 0 spiro atoms. The lowest BCUT2D eigenvalue weighted by atomic mass is 10.5. The Morgan fingerprint density at radius 2 is 2.67 bits per heavy atom. The minimum absolute atomic E-state index is 0.128. The average molecular weight is 132 g/mol. The largest absolute Gasteiger partial charge is 0.371 e. The van der Waals surface area contributed by atoms with Crippen molar-refractivity contribution in [2.24, 2.45) is 0 Å². The van der Waals surface area contributed by atoms with Crippen LogP contribution in [0.15, 0.2) is 12.7 Å². The zero-order valence-corrected chi connectivity index (χ0v) is 5.05. The van der Waals surface area contributed by atoms with E-state index >= 15 is 0 Å². The third-order valence-electron chi connectivity index (χ3n) is 1.03. The number of ether oxygens (including phenoxy) is 2. The Morgan fingerprint density at radius 3 is 3.11 bits per heavy atom. The van der Waals surface area contributed by atoms with E-state index in [-0.39, 0.29) is 6.10 Å². The molecule has 1 heterocycles. The minimum atomic E-state index is -1.34. The van der Waals surface area contributed by atoms with Crippen LogP contribution in [-0.2, 0) is 9.47 Å². The van der Waals surface area contributed by atoms with Crippen LogP contribution in [0.4, 0.5) is 4.39 Å². The quantitative estimate of drug-likeness (QED) is 0.418. The van der Waals surface area contributed by atoms with E-state index in [1.54, 1.807) is 0 Å². The Kier molecular flexibility index (Phi) is 2.19. The second-order valence-electron chi connectivity index (χ2n) is 1.88. The van der Waals surface area contributed by atoms with Gasteiger partial charge >= 0.3 is 0 Å². The maximum atomic E-state index is 12.1. The molecular formula is C6H9FO2. The summed E-state index contributed by atoms with van der Waals surface area (Å²) < 4.78 is 21.5. The number of hydrogen-bond donors (Lipinski definition) is 0. The molecule has 9 heavy (non-hydrogen) atoms. The maximum absolute atomic E-state index is 12.1. The molecule has 0 aromatic carbocycles. The monoisotopic (exact) mass is 132 g/mol. The summed E-state index contributed by atoms with van der Waals surface area (Å²) in [5.74, 6) is 0. The summed E-state index contributed by atoms with van der Waals surface area (Å²) in [5.41, 5.74) is 0. The van der Waals surface area contributed by atoms with Gasteiger partial charge in [-0.25, -0.2) is 4.39 Å². The Balaban J connectivity index is 1.95. The van der Waals surface area contributed by atoms with Gasteiger partial charge in [0.05, 0.1) is 13.2 Å². The zero-order valence-electron chi connectivity index (χ0n) is 5.05. The molecule has 0 aromatic heterocycles. The molecule has 1 saturated heterocycles. The standard InChI is InChI=1S/C6H9FO2/c1-2-6(7)9-4-5-3-8-5/h2,5-6H,1,3-4H2. The Labute approximate surface area is 53.3 Å². The van der Waals surface area contributed by atoms with Gasteiger partial charge in [-0.3, -0.25) is 0 Å². The first-order valence-corrected chi connectivity index (χ1v) is 2.83. The van der Waals surface area contributed by atoms with Gasteiger partial charge in [0.25, 0.3) is 0 Å². The van der Waals surface area contributed by atoms with Gasteiger partial charge in [-0.1, -0.05) is 6.58 Å². The highest BCUT2D eigenvalue weighted by atomic mass is 19.1. The summed E-state index contributed by atoms with van der Waals surface area (Å²) in [5, 5.41) is 0. The summed E-state index contributed by atoms with van der Waals surface area (Å²) in [6.45, 7) is 4.26. The van der Waals surface area contributed by atoms with Gasteiger partial charge in [0.1, 0.15) is 6.10 Å². The fourth-order valence-corrected chi connectivity index (χ4v) is 0.432. The number of alkyl halides is 1. The molecule has 1 aliphatic heterocycles. The van der Waals surface area contributed by atoms with Crippen LogP contribution in [0.3, 0.4) is 0 Å². The molecule has 0 N–H and O–H groups in total. The van der Waals surface area contributed by atoms with Gasteiger partial charge in [0.15, 0.2) is 0 Å². The molecule has 52 valence electrons. The van der Waals surface area contributed by atoms with Gasteiger partial charge in [0.2, 0.25) is 6.36 Å². The lowest BCUT2D eigenvalue weighted by Gasteiger charge is -2.00. The highest BCUT2D eigenvalue weighted by molar-refractivity contribution is 4.73. The minimum Gasteiger partial charge on any atom is -0.371 e. The SMILES string of the molecule is C=CC(F)OCC1CO1. The van der Waals surface area contributed by atoms with Crippen LogP contribution in [0.25, 0.3) is 0 Å². The van der Waals surface area contributed by atoms with Crippen molar-refractivity contribution < 1.29 is 13.9 Å². The van der Waals surface area contributed by atoms with Crippen molar-refractivity contribution in [2.45, 2.75) is 12.5 Å². The molecule has 0 amide bonds. The lowest BCUT2D eigenvalue weighted by molar-refractivity contribution is -0.00977. The van der Waals surface area contributed by atoms with Crippen molar-refractivity contribution >= 4 is 0 Å². The molecule has 1 fully saturated rings. The normalized spacial score (nSPS) is 27.4. The van der Waals surface area contributed by atoms with Crippen LogP contribution in [0, 0.1) is 0 Å². The first kappa shape index (κ1) is 6.71. The number of hydrogen-bond acceptors (Lipinski definition) is 2. The molecule has 0 aliphatic carbocycles. The summed E-state index contributed by atoms with van der Waals surface area (Å²) >= 11 is 0. The summed E-state index contributed by atoms with van der Waals surface area (Å²) in [4.78, 5) is 0. The fraction of sp³-hybridized carbons (Fsp3) is 0.667.